The van der Waals surface area contributed by atoms with E-state index in [1.165, 1.54) is 0 Å². The average Bonchev–Trinajstić information content (AvgIpc) is 2.19. The maximum atomic E-state index is 9.47. The number of allylic oxidation sites excluding steroid dienone is 2. The van der Waals surface area contributed by atoms with Gasteiger partial charge in [0.1, 0.15) is 6.23 Å². The first-order valence-corrected chi connectivity index (χ1v) is 4.71. The Labute approximate surface area is 115 Å². The number of likely N-dealkylation sites (N-methyl/N-ethyl adjacent to an activating group) is 1. The van der Waals surface area contributed by atoms with Crippen LogP contribution in [0.2, 0.25) is 0 Å². The molecule has 0 aromatic rings. The van der Waals surface area contributed by atoms with E-state index in [-0.39, 0.29) is 37.9 Å². The van der Waals surface area contributed by atoms with Crippen LogP contribution in [0.25, 0.3) is 5.53 Å². The Bertz CT molecular complexity index is 295. The second-order valence-electron chi connectivity index (χ2n) is 3.20. The van der Waals surface area contributed by atoms with Gasteiger partial charge in [0.05, 0.1) is 0 Å². The van der Waals surface area contributed by atoms with Crippen LogP contribution >= 0.6 is 0 Å². The number of aliphatic hydroxyl groups excluding tert-OH is 1. The van der Waals surface area contributed by atoms with E-state index in [2.05, 4.69) is 4.79 Å². The largest absolute Gasteiger partial charge is 2.00 e. The molecule has 16 heavy (non-hydrogen) atoms. The smallest absolute Gasteiger partial charge is 1.00 e. The zero-order chi connectivity index (χ0) is 10.6. The summed E-state index contributed by atoms with van der Waals surface area (Å²) in [5.41, 5.74) is 9.04. The molecule has 6 heteroatoms. The van der Waals surface area contributed by atoms with Gasteiger partial charge in [0.2, 0.25) is 0 Å². The normalized spacial score (nSPS) is 19.8. The Hall–Kier alpha value is -0.307. The summed E-state index contributed by atoms with van der Waals surface area (Å²) in [5, 5.41) is 9.47. The summed E-state index contributed by atoms with van der Waals surface area (Å²) in [6, 6.07) is 0.0745. The standard InChI is InChI=1S/C10H15N3O.ClH.Zn/c1-3-13(8(2)14)10-6-4-9(12-11)5-7-10;;/h4-8,10,14H,3H2,1-2H3;1H;/q;;+2/p-1. The summed E-state index contributed by atoms with van der Waals surface area (Å²) >= 11 is 0. The predicted molar refractivity (Wildman–Crippen MR) is 54.8 cm³/mol. The van der Waals surface area contributed by atoms with E-state index < -0.39 is 6.23 Å². The third-order valence-electron chi connectivity index (χ3n) is 2.27. The van der Waals surface area contributed by atoms with Crippen molar-refractivity contribution in [1.82, 2.24) is 4.90 Å². The summed E-state index contributed by atoms with van der Waals surface area (Å²) in [5.74, 6) is 0. The molecule has 1 aliphatic carbocycles. The van der Waals surface area contributed by atoms with E-state index in [4.69, 9.17) is 5.53 Å². The number of halogens is 1. The van der Waals surface area contributed by atoms with Crippen LogP contribution in [-0.4, -0.2) is 39.3 Å². The summed E-state index contributed by atoms with van der Waals surface area (Å²) < 4.78 is 0. The van der Waals surface area contributed by atoms with Gasteiger partial charge >= 0.3 is 25.2 Å². The van der Waals surface area contributed by atoms with Gasteiger partial charge in [-0.3, -0.25) is 4.90 Å². The molecular formula is C10H15ClN3OZn+. The van der Waals surface area contributed by atoms with E-state index in [1.54, 1.807) is 19.1 Å². The molecule has 0 saturated carbocycles. The fourth-order valence-corrected chi connectivity index (χ4v) is 1.53. The molecule has 0 aliphatic heterocycles. The molecule has 1 unspecified atom stereocenters. The van der Waals surface area contributed by atoms with Gasteiger partial charge in [-0.25, -0.2) is 0 Å². The first-order valence-electron chi connectivity index (χ1n) is 4.71. The third-order valence-corrected chi connectivity index (χ3v) is 2.27. The van der Waals surface area contributed by atoms with Crippen molar-refractivity contribution >= 4 is 5.71 Å². The molecule has 0 spiro atoms. The van der Waals surface area contributed by atoms with E-state index in [0.29, 0.717) is 5.71 Å². The van der Waals surface area contributed by atoms with Crippen LogP contribution in [0.3, 0.4) is 0 Å². The van der Waals surface area contributed by atoms with Gasteiger partial charge < -0.3 is 23.0 Å². The molecule has 0 radical (unpaired) electrons. The quantitative estimate of drug-likeness (QED) is 0.278. The summed E-state index contributed by atoms with van der Waals surface area (Å²) in [6.45, 7) is 4.49. The topological polar surface area (TPSA) is 59.9 Å². The SMILES string of the molecule is CCN(C(C)O)C1C=CC(=[N+]=[N-])C=C1.[Cl-].[Zn+2]. The molecule has 0 aromatic heterocycles. The van der Waals surface area contributed by atoms with Crippen molar-refractivity contribution in [3.8, 4) is 0 Å². The molecule has 0 fully saturated rings. The second-order valence-corrected chi connectivity index (χ2v) is 3.20. The Morgan fingerprint density at radius 3 is 2.31 bits per heavy atom. The van der Waals surface area contributed by atoms with Gasteiger partial charge in [-0.15, -0.1) is 0 Å². The molecular weight excluding hydrogens is 279 g/mol. The fraction of sp³-hybridized carbons (Fsp3) is 0.500. The molecule has 0 aromatic carbocycles. The third kappa shape index (κ3) is 4.69. The van der Waals surface area contributed by atoms with Crippen molar-refractivity contribution in [3.05, 3.63) is 29.8 Å². The van der Waals surface area contributed by atoms with Gasteiger partial charge in [0.15, 0.2) is 0 Å². The Morgan fingerprint density at radius 2 is 2.00 bits per heavy atom. The maximum absolute atomic E-state index is 9.47. The van der Waals surface area contributed by atoms with E-state index in [9.17, 15) is 5.11 Å². The van der Waals surface area contributed by atoms with Crippen molar-refractivity contribution in [2.24, 2.45) is 0 Å². The van der Waals surface area contributed by atoms with Gasteiger partial charge in [-0.05, 0) is 13.5 Å². The Kier molecular flexibility index (Phi) is 9.94. The molecule has 0 amide bonds. The number of aliphatic hydroxyl groups is 1. The second kappa shape index (κ2) is 8.80. The average molecular weight is 294 g/mol. The van der Waals surface area contributed by atoms with Crippen LogP contribution in [-0.2, 0) is 19.5 Å². The van der Waals surface area contributed by atoms with Crippen LogP contribution in [0, 0.1) is 0 Å². The predicted octanol–water partition coefficient (Wildman–Crippen LogP) is -2.19. The van der Waals surface area contributed by atoms with E-state index in [0.717, 1.165) is 6.54 Å². The molecule has 0 bridgehead atoms. The van der Waals surface area contributed by atoms with Crippen LogP contribution in [0.1, 0.15) is 13.8 Å². The van der Waals surface area contributed by atoms with Gasteiger partial charge in [0, 0.05) is 18.2 Å². The van der Waals surface area contributed by atoms with Crippen LogP contribution in [0.5, 0.6) is 0 Å². The fourth-order valence-electron chi connectivity index (χ4n) is 1.53. The monoisotopic (exact) mass is 292 g/mol. The Balaban J connectivity index is 0. The molecule has 1 atom stereocenters. The molecule has 1 aliphatic rings. The zero-order valence-corrected chi connectivity index (χ0v) is 13.3. The number of hydrogen-bond acceptors (Lipinski definition) is 2. The van der Waals surface area contributed by atoms with Crippen molar-refractivity contribution < 1.29 is 41.8 Å². The van der Waals surface area contributed by atoms with Crippen LogP contribution in [0.4, 0.5) is 0 Å². The van der Waals surface area contributed by atoms with Crippen LogP contribution < -0.4 is 12.4 Å². The molecule has 1 N–H and O–H groups in total. The first kappa shape index (κ1) is 18.1. The van der Waals surface area contributed by atoms with Crippen LogP contribution in [0.15, 0.2) is 24.3 Å². The molecule has 1 rings (SSSR count). The van der Waals surface area contributed by atoms with Gasteiger partial charge in [-0.1, -0.05) is 19.1 Å². The number of hydrogen-bond donors (Lipinski definition) is 1. The minimum Gasteiger partial charge on any atom is -1.00 e. The molecule has 84 valence electrons. The summed E-state index contributed by atoms with van der Waals surface area (Å²) in [7, 11) is 0. The Morgan fingerprint density at radius 1 is 1.50 bits per heavy atom. The molecule has 4 nitrogen and oxygen atoms in total. The van der Waals surface area contributed by atoms with Gasteiger partial charge in [-0.2, -0.15) is 4.79 Å². The van der Waals surface area contributed by atoms with E-state index >= 15 is 0 Å². The molecule has 0 saturated heterocycles. The van der Waals surface area contributed by atoms with Gasteiger partial charge in [0.25, 0.3) is 0 Å². The van der Waals surface area contributed by atoms with Crippen molar-refractivity contribution in [2.75, 3.05) is 6.54 Å². The minimum absolute atomic E-state index is 0. The maximum Gasteiger partial charge on any atom is 2.00 e. The minimum atomic E-state index is -0.480. The number of nitrogens with zero attached hydrogens (tertiary/aromatic N) is 3. The summed E-state index contributed by atoms with van der Waals surface area (Å²) in [6.07, 6.45) is 6.77. The first-order chi connectivity index (χ1) is 6.69. The van der Waals surface area contributed by atoms with E-state index in [1.807, 2.05) is 24.0 Å². The number of rotatable bonds is 3. The zero-order valence-electron chi connectivity index (χ0n) is 9.55. The summed E-state index contributed by atoms with van der Waals surface area (Å²) in [4.78, 5) is 4.99. The van der Waals surface area contributed by atoms with Crippen molar-refractivity contribution in [1.29, 1.82) is 0 Å². The molecule has 0 heterocycles. The van der Waals surface area contributed by atoms with Crippen molar-refractivity contribution in [3.63, 3.8) is 0 Å². The van der Waals surface area contributed by atoms with Crippen molar-refractivity contribution in [2.45, 2.75) is 26.1 Å².